The number of nitro groups is 1. The van der Waals surface area contributed by atoms with Gasteiger partial charge in [-0.1, -0.05) is 11.6 Å². The highest BCUT2D eigenvalue weighted by Gasteiger charge is 2.16. The maximum absolute atomic E-state index is 10.3. The van der Waals surface area contributed by atoms with Crippen molar-refractivity contribution in [1.82, 2.24) is 4.98 Å². The second-order valence-electron chi connectivity index (χ2n) is 1.69. The number of hydrogen-bond acceptors (Lipinski definition) is 3. The molecule has 1 aromatic heterocycles. The van der Waals surface area contributed by atoms with E-state index in [1.807, 2.05) is 0 Å². The number of aromatic nitrogens is 1. The van der Waals surface area contributed by atoms with Crippen LogP contribution in [-0.4, -0.2) is 9.91 Å². The van der Waals surface area contributed by atoms with Gasteiger partial charge < -0.3 is 0 Å². The highest BCUT2D eigenvalue weighted by atomic mass is 79.9. The van der Waals surface area contributed by atoms with Crippen molar-refractivity contribution in [3.05, 3.63) is 32.0 Å². The average molecular weight is 237 g/mol. The second-order valence-corrected chi connectivity index (χ2v) is 2.90. The third-order valence-corrected chi connectivity index (χ3v) is 1.93. The molecule has 1 rings (SSSR count). The van der Waals surface area contributed by atoms with Crippen molar-refractivity contribution in [2.75, 3.05) is 0 Å². The Hall–Kier alpha value is -0.680. The van der Waals surface area contributed by atoms with Gasteiger partial charge in [0.1, 0.15) is 4.47 Å². The van der Waals surface area contributed by atoms with Crippen LogP contribution in [0.1, 0.15) is 0 Å². The first kappa shape index (κ1) is 8.42. The highest BCUT2D eigenvalue weighted by molar-refractivity contribution is 9.10. The highest BCUT2D eigenvalue weighted by Crippen LogP contribution is 2.29. The van der Waals surface area contributed by atoms with Crippen LogP contribution in [-0.2, 0) is 0 Å². The summed E-state index contributed by atoms with van der Waals surface area (Å²) in [4.78, 5) is 13.3. The van der Waals surface area contributed by atoms with Gasteiger partial charge in [-0.3, -0.25) is 10.1 Å². The first-order valence-electron chi connectivity index (χ1n) is 2.57. The molecule has 0 aromatic carbocycles. The van der Waals surface area contributed by atoms with Gasteiger partial charge in [0.2, 0.25) is 5.15 Å². The van der Waals surface area contributed by atoms with Crippen molar-refractivity contribution in [3.63, 3.8) is 0 Å². The predicted molar refractivity (Wildman–Crippen MR) is 43.6 cm³/mol. The van der Waals surface area contributed by atoms with Gasteiger partial charge in [-0.25, -0.2) is 4.98 Å². The van der Waals surface area contributed by atoms with E-state index < -0.39 is 4.92 Å². The fourth-order valence-electron chi connectivity index (χ4n) is 0.569. The lowest BCUT2D eigenvalue weighted by atomic mass is 10.4. The van der Waals surface area contributed by atoms with E-state index in [1.54, 1.807) is 0 Å². The van der Waals surface area contributed by atoms with E-state index in [9.17, 15) is 10.1 Å². The molecule has 0 aliphatic rings. The molecule has 11 heavy (non-hydrogen) atoms. The maximum atomic E-state index is 10.3. The minimum Gasteiger partial charge on any atom is -0.258 e. The molecule has 0 unspecified atom stereocenters. The quantitative estimate of drug-likeness (QED) is 0.428. The molecule has 1 aromatic rings. The molecule has 4 nitrogen and oxygen atoms in total. The van der Waals surface area contributed by atoms with Crippen molar-refractivity contribution in [3.8, 4) is 0 Å². The molecule has 0 radical (unpaired) electrons. The molecule has 0 spiro atoms. The summed E-state index contributed by atoms with van der Waals surface area (Å²) in [6.45, 7) is 0. The molecule has 0 atom stereocenters. The van der Waals surface area contributed by atoms with Crippen LogP contribution in [0.15, 0.2) is 16.7 Å². The second kappa shape index (κ2) is 3.15. The Labute approximate surface area is 75.5 Å². The summed E-state index contributed by atoms with van der Waals surface area (Å²) in [5.41, 5.74) is -0.200. The van der Waals surface area contributed by atoms with Crippen LogP contribution in [0.2, 0.25) is 5.15 Å². The summed E-state index contributed by atoms with van der Waals surface area (Å²) in [6.07, 6.45) is 1.39. The number of hydrogen-bond donors (Lipinski definition) is 0. The summed E-state index contributed by atoms with van der Waals surface area (Å²) < 4.78 is 0.336. The zero-order valence-electron chi connectivity index (χ0n) is 5.12. The van der Waals surface area contributed by atoms with Gasteiger partial charge in [0, 0.05) is 6.20 Å². The monoisotopic (exact) mass is 236 g/mol. The average Bonchev–Trinajstić information content (AvgIpc) is 1.85. The minimum atomic E-state index is -0.584. The standard InChI is InChI=1S/C5H2BrClN2O2/c6-3-1-2-8-5(7)4(3)9(10)11/h1-2H. The Bertz CT molecular complexity index is 284. The van der Waals surface area contributed by atoms with Crippen molar-refractivity contribution in [2.24, 2.45) is 0 Å². The SMILES string of the molecule is O=[N+]([O-])c1c(Br)ccnc1Cl. The van der Waals surface area contributed by atoms with Crippen LogP contribution in [0.4, 0.5) is 5.69 Å². The van der Waals surface area contributed by atoms with Crippen LogP contribution in [0, 0.1) is 10.1 Å². The van der Waals surface area contributed by atoms with Crippen LogP contribution in [0.5, 0.6) is 0 Å². The molecule has 0 aliphatic carbocycles. The van der Waals surface area contributed by atoms with E-state index in [-0.39, 0.29) is 10.8 Å². The molecule has 0 N–H and O–H groups in total. The third kappa shape index (κ3) is 1.66. The fourth-order valence-corrected chi connectivity index (χ4v) is 1.36. The molecule has 58 valence electrons. The summed E-state index contributed by atoms with van der Waals surface area (Å²) in [5, 5.41) is 10.2. The van der Waals surface area contributed by atoms with E-state index in [4.69, 9.17) is 11.6 Å². The molecule has 0 bridgehead atoms. The molecule has 0 fully saturated rings. The summed E-state index contributed by atoms with van der Waals surface area (Å²) in [5.74, 6) is 0. The maximum Gasteiger partial charge on any atom is 0.320 e. The molecule has 0 saturated carbocycles. The van der Waals surface area contributed by atoms with Crippen LogP contribution >= 0.6 is 27.5 Å². The van der Waals surface area contributed by atoms with E-state index in [1.165, 1.54) is 12.3 Å². The van der Waals surface area contributed by atoms with E-state index in [0.717, 1.165) is 0 Å². The molecule has 0 saturated heterocycles. The Kier molecular flexibility index (Phi) is 2.41. The Balaban J connectivity index is 3.32. The van der Waals surface area contributed by atoms with Crippen LogP contribution in [0.25, 0.3) is 0 Å². The predicted octanol–water partition coefficient (Wildman–Crippen LogP) is 2.41. The van der Waals surface area contributed by atoms with Crippen molar-refractivity contribution in [1.29, 1.82) is 0 Å². The van der Waals surface area contributed by atoms with Gasteiger partial charge in [0.25, 0.3) is 0 Å². The van der Waals surface area contributed by atoms with Gasteiger partial charge in [0.15, 0.2) is 0 Å². The first-order chi connectivity index (χ1) is 5.13. The zero-order chi connectivity index (χ0) is 8.43. The Morgan fingerprint density at radius 2 is 2.36 bits per heavy atom. The molecule has 0 aliphatic heterocycles. The van der Waals surface area contributed by atoms with E-state index >= 15 is 0 Å². The Morgan fingerprint density at radius 3 is 2.73 bits per heavy atom. The van der Waals surface area contributed by atoms with Crippen molar-refractivity contribution in [2.45, 2.75) is 0 Å². The molecule has 0 amide bonds. The van der Waals surface area contributed by atoms with Gasteiger partial charge >= 0.3 is 5.69 Å². The van der Waals surface area contributed by atoms with Crippen LogP contribution < -0.4 is 0 Å². The van der Waals surface area contributed by atoms with Gasteiger partial charge in [0.05, 0.1) is 4.92 Å². The van der Waals surface area contributed by atoms with Crippen LogP contribution in [0.3, 0.4) is 0 Å². The lowest BCUT2D eigenvalue weighted by Gasteiger charge is -1.94. The molecule has 6 heteroatoms. The summed E-state index contributed by atoms with van der Waals surface area (Å²) >= 11 is 8.42. The van der Waals surface area contributed by atoms with E-state index in [0.29, 0.717) is 4.47 Å². The number of rotatable bonds is 1. The minimum absolute atomic E-state index is 0.107. The first-order valence-corrected chi connectivity index (χ1v) is 3.74. The largest absolute Gasteiger partial charge is 0.320 e. The van der Waals surface area contributed by atoms with Crippen molar-refractivity contribution >= 4 is 33.2 Å². The summed E-state index contributed by atoms with van der Waals surface area (Å²) in [6, 6.07) is 1.46. The van der Waals surface area contributed by atoms with Gasteiger partial charge in [-0.05, 0) is 22.0 Å². The zero-order valence-corrected chi connectivity index (χ0v) is 7.46. The van der Waals surface area contributed by atoms with Gasteiger partial charge in [-0.2, -0.15) is 0 Å². The lowest BCUT2D eigenvalue weighted by Crippen LogP contribution is -1.91. The molecular weight excluding hydrogens is 235 g/mol. The molecule has 1 heterocycles. The van der Waals surface area contributed by atoms with Gasteiger partial charge in [-0.15, -0.1) is 0 Å². The normalized spacial score (nSPS) is 9.64. The molecular formula is C5H2BrClN2O2. The third-order valence-electron chi connectivity index (χ3n) is 1.01. The number of halogens is 2. The summed E-state index contributed by atoms with van der Waals surface area (Å²) in [7, 11) is 0. The number of pyridine rings is 1. The van der Waals surface area contributed by atoms with Crippen molar-refractivity contribution < 1.29 is 4.92 Å². The fraction of sp³-hybridized carbons (Fsp3) is 0. The lowest BCUT2D eigenvalue weighted by molar-refractivity contribution is -0.385. The smallest absolute Gasteiger partial charge is 0.258 e. The Morgan fingerprint density at radius 1 is 1.73 bits per heavy atom. The topological polar surface area (TPSA) is 56.0 Å². The van der Waals surface area contributed by atoms with E-state index in [2.05, 4.69) is 20.9 Å². The number of nitrogens with zero attached hydrogens (tertiary/aromatic N) is 2.